The molecule has 1 fully saturated rings. The maximum atomic E-state index is 6.26. The van der Waals surface area contributed by atoms with E-state index < -0.39 is 0 Å². The van der Waals surface area contributed by atoms with Gasteiger partial charge in [-0.15, -0.1) is 0 Å². The number of aromatic nitrogens is 4. The molecule has 1 saturated heterocycles. The summed E-state index contributed by atoms with van der Waals surface area (Å²) in [5.74, 6) is 1.55. The van der Waals surface area contributed by atoms with Crippen LogP contribution in [0.15, 0.2) is 48.9 Å². The first-order valence-corrected chi connectivity index (χ1v) is 12.4. The van der Waals surface area contributed by atoms with Crippen molar-refractivity contribution in [3.63, 3.8) is 0 Å². The molecular weight excluding hydrogens is 444 g/mol. The molecule has 0 spiro atoms. The van der Waals surface area contributed by atoms with E-state index in [1.165, 1.54) is 19.5 Å². The number of hydrogen-bond donors (Lipinski definition) is 2. The minimum Gasteiger partial charge on any atom is -0.382 e. The molecule has 6 nitrogen and oxygen atoms in total. The second kappa shape index (κ2) is 9.72. The predicted octanol–water partition coefficient (Wildman–Crippen LogP) is 6.04. The minimum atomic E-state index is 0.689. The van der Waals surface area contributed by atoms with Crippen LogP contribution in [0.4, 0.5) is 5.69 Å². The van der Waals surface area contributed by atoms with Crippen LogP contribution in [0.2, 0.25) is 5.02 Å². The molecule has 1 aliphatic rings. The van der Waals surface area contributed by atoms with E-state index in [1.54, 1.807) is 6.33 Å². The lowest BCUT2D eigenvalue weighted by Crippen LogP contribution is -2.41. The summed E-state index contributed by atoms with van der Waals surface area (Å²) in [7, 11) is 0. The number of H-pyrrole nitrogens is 1. The highest BCUT2D eigenvalue weighted by molar-refractivity contribution is 6.30. The molecule has 2 N–H and O–H groups in total. The fraction of sp³-hybridized carbons (Fsp3) is 0.370. The number of imidazole rings is 1. The Kier molecular flexibility index (Phi) is 6.53. The molecule has 1 aliphatic heterocycles. The van der Waals surface area contributed by atoms with Crippen molar-refractivity contribution in [2.45, 2.75) is 27.2 Å². The van der Waals surface area contributed by atoms with Crippen molar-refractivity contribution in [2.24, 2.45) is 11.8 Å². The summed E-state index contributed by atoms with van der Waals surface area (Å²) in [4.78, 5) is 19.9. The van der Waals surface area contributed by atoms with E-state index in [-0.39, 0.29) is 0 Å². The maximum absolute atomic E-state index is 6.26. The molecule has 1 aromatic carbocycles. The van der Waals surface area contributed by atoms with Gasteiger partial charge in [0, 0.05) is 36.8 Å². The van der Waals surface area contributed by atoms with Gasteiger partial charge in [-0.2, -0.15) is 0 Å². The number of halogens is 1. The summed E-state index contributed by atoms with van der Waals surface area (Å²) in [5.41, 5.74) is 7.38. The zero-order valence-corrected chi connectivity index (χ0v) is 20.7. The molecule has 4 heterocycles. The number of nitrogens with one attached hydrogen (secondary N) is 2. The average molecular weight is 475 g/mol. The summed E-state index contributed by atoms with van der Waals surface area (Å²) in [6.45, 7) is 11.1. The van der Waals surface area contributed by atoms with Crippen LogP contribution < -0.4 is 5.32 Å². The van der Waals surface area contributed by atoms with Crippen LogP contribution in [-0.2, 0) is 0 Å². The van der Waals surface area contributed by atoms with Gasteiger partial charge in [0.05, 0.1) is 46.3 Å². The number of pyridine rings is 2. The van der Waals surface area contributed by atoms with Gasteiger partial charge in [-0.1, -0.05) is 31.5 Å². The molecule has 4 aromatic rings. The second-order valence-electron chi connectivity index (χ2n) is 9.68. The first-order chi connectivity index (χ1) is 16.5. The zero-order chi connectivity index (χ0) is 23.7. The number of fused-ring (bicyclic) bond motifs is 1. The topological polar surface area (TPSA) is 69.7 Å². The maximum Gasteiger partial charge on any atom is 0.0980 e. The van der Waals surface area contributed by atoms with Gasteiger partial charge in [-0.3, -0.25) is 4.98 Å². The van der Waals surface area contributed by atoms with Crippen molar-refractivity contribution < 1.29 is 0 Å². The standard InChI is InChI=1S/C27H31ClN6/c1-17-10-18(2)15-34(14-17)9-8-29-21-12-25-23(30-13-21)6-7-24(33-25)27-26(31-16-32-27)22-11-20(28)5-4-19(22)3/h4-7,11-13,16-18,29H,8-10,14-15H2,1-3H3,(H,31,32)/t17-,18+. The van der Waals surface area contributed by atoms with Crippen LogP contribution >= 0.6 is 11.6 Å². The summed E-state index contributed by atoms with van der Waals surface area (Å²) >= 11 is 6.26. The summed E-state index contributed by atoms with van der Waals surface area (Å²) < 4.78 is 0. The normalized spacial score (nSPS) is 18.9. The molecule has 2 atom stereocenters. The Labute approximate surface area is 205 Å². The molecule has 176 valence electrons. The van der Waals surface area contributed by atoms with Crippen LogP contribution in [-0.4, -0.2) is 51.0 Å². The first-order valence-electron chi connectivity index (χ1n) is 12.0. The van der Waals surface area contributed by atoms with E-state index >= 15 is 0 Å². The highest BCUT2D eigenvalue weighted by Crippen LogP contribution is 2.32. The number of rotatable bonds is 6. The van der Waals surface area contributed by atoms with Gasteiger partial charge in [-0.05, 0) is 61.1 Å². The Balaban J connectivity index is 1.35. The van der Waals surface area contributed by atoms with Crippen molar-refractivity contribution in [3.05, 3.63) is 59.5 Å². The lowest BCUT2D eigenvalue weighted by molar-refractivity contribution is 0.146. The number of benzene rings is 1. The number of aromatic amines is 1. The Hall–Kier alpha value is -2.96. The number of likely N-dealkylation sites (tertiary alicyclic amines) is 1. The van der Waals surface area contributed by atoms with E-state index in [2.05, 4.69) is 52.0 Å². The minimum absolute atomic E-state index is 0.689. The number of hydrogen-bond acceptors (Lipinski definition) is 5. The molecule has 0 amide bonds. The molecule has 34 heavy (non-hydrogen) atoms. The van der Waals surface area contributed by atoms with Crippen molar-refractivity contribution in [1.29, 1.82) is 0 Å². The summed E-state index contributed by atoms with van der Waals surface area (Å²) in [5, 5.41) is 4.23. The number of aryl methyl sites for hydroxylation is 1. The lowest BCUT2D eigenvalue weighted by Gasteiger charge is -2.35. The van der Waals surface area contributed by atoms with E-state index in [0.717, 1.165) is 69.9 Å². The third-order valence-electron chi connectivity index (χ3n) is 6.59. The summed E-state index contributed by atoms with van der Waals surface area (Å²) in [6.07, 6.45) is 4.93. The average Bonchev–Trinajstić information content (AvgIpc) is 3.29. The number of anilines is 1. The molecule has 0 unspecified atom stereocenters. The smallest absolute Gasteiger partial charge is 0.0980 e. The molecule has 5 rings (SSSR count). The number of piperidine rings is 1. The Morgan fingerprint density at radius 2 is 1.88 bits per heavy atom. The van der Waals surface area contributed by atoms with Crippen LogP contribution in [0.5, 0.6) is 0 Å². The van der Waals surface area contributed by atoms with Crippen LogP contribution in [0.1, 0.15) is 25.8 Å². The van der Waals surface area contributed by atoms with Gasteiger partial charge in [0.25, 0.3) is 0 Å². The van der Waals surface area contributed by atoms with Gasteiger partial charge in [0.2, 0.25) is 0 Å². The van der Waals surface area contributed by atoms with Crippen molar-refractivity contribution in [2.75, 3.05) is 31.5 Å². The van der Waals surface area contributed by atoms with E-state index in [4.69, 9.17) is 16.6 Å². The third kappa shape index (κ3) is 4.93. The molecule has 0 radical (unpaired) electrons. The fourth-order valence-corrected chi connectivity index (χ4v) is 5.29. The summed E-state index contributed by atoms with van der Waals surface area (Å²) in [6, 6.07) is 11.9. The van der Waals surface area contributed by atoms with Gasteiger partial charge in [-0.25, -0.2) is 9.97 Å². The quantitative estimate of drug-likeness (QED) is 0.356. The zero-order valence-electron chi connectivity index (χ0n) is 20.0. The van der Waals surface area contributed by atoms with E-state index in [1.807, 2.05) is 36.5 Å². The second-order valence-corrected chi connectivity index (χ2v) is 10.1. The fourth-order valence-electron chi connectivity index (χ4n) is 5.12. The Bertz CT molecular complexity index is 1290. The van der Waals surface area contributed by atoms with E-state index in [9.17, 15) is 0 Å². The molecule has 3 aromatic heterocycles. The van der Waals surface area contributed by atoms with Crippen molar-refractivity contribution in [1.82, 2.24) is 24.8 Å². The SMILES string of the molecule is Cc1ccc(Cl)cc1-c1nc[nH]c1-c1ccc2ncc(NCCN3C[C@H](C)C[C@H](C)C3)cc2n1. The molecule has 0 aliphatic carbocycles. The predicted molar refractivity (Wildman–Crippen MR) is 140 cm³/mol. The van der Waals surface area contributed by atoms with Crippen molar-refractivity contribution >= 4 is 28.3 Å². The third-order valence-corrected chi connectivity index (χ3v) is 6.82. The van der Waals surface area contributed by atoms with Crippen molar-refractivity contribution in [3.8, 4) is 22.6 Å². The Morgan fingerprint density at radius 1 is 1.06 bits per heavy atom. The lowest BCUT2D eigenvalue weighted by atomic mass is 9.92. The highest BCUT2D eigenvalue weighted by atomic mass is 35.5. The number of nitrogens with zero attached hydrogens (tertiary/aromatic N) is 4. The largest absolute Gasteiger partial charge is 0.382 e. The molecular formula is C27H31ClN6. The molecule has 7 heteroatoms. The van der Waals surface area contributed by atoms with Gasteiger partial charge in [0.15, 0.2) is 0 Å². The van der Waals surface area contributed by atoms with E-state index in [0.29, 0.717) is 5.02 Å². The van der Waals surface area contributed by atoms with Gasteiger partial charge < -0.3 is 15.2 Å². The Morgan fingerprint density at radius 3 is 2.71 bits per heavy atom. The van der Waals surface area contributed by atoms with Crippen LogP contribution in [0, 0.1) is 18.8 Å². The van der Waals surface area contributed by atoms with Gasteiger partial charge >= 0.3 is 0 Å². The molecule has 0 bridgehead atoms. The van der Waals surface area contributed by atoms with Gasteiger partial charge in [0.1, 0.15) is 0 Å². The van der Waals surface area contributed by atoms with Crippen LogP contribution in [0.25, 0.3) is 33.7 Å². The monoisotopic (exact) mass is 474 g/mol. The van der Waals surface area contributed by atoms with Crippen LogP contribution in [0.3, 0.4) is 0 Å². The highest BCUT2D eigenvalue weighted by Gasteiger charge is 2.21. The first kappa shape index (κ1) is 22.8. The molecule has 0 saturated carbocycles.